The molecule has 1 atom stereocenters. The van der Waals surface area contributed by atoms with Crippen molar-refractivity contribution in [3.05, 3.63) is 64.6 Å². The molecule has 1 aliphatic heterocycles. The van der Waals surface area contributed by atoms with Gasteiger partial charge in [0.1, 0.15) is 5.60 Å². The van der Waals surface area contributed by atoms with E-state index in [2.05, 4.69) is 15.9 Å². The summed E-state index contributed by atoms with van der Waals surface area (Å²) in [5, 5.41) is 0. The number of hydrogen-bond acceptors (Lipinski definition) is 2. The lowest BCUT2D eigenvalue weighted by Crippen LogP contribution is -2.46. The van der Waals surface area contributed by atoms with Crippen LogP contribution in [-0.4, -0.2) is 12.6 Å². The number of amides is 1. The van der Waals surface area contributed by atoms with E-state index < -0.39 is 5.60 Å². The van der Waals surface area contributed by atoms with Gasteiger partial charge in [-0.05, 0) is 30.7 Å². The highest BCUT2D eigenvalue weighted by atomic mass is 79.9. The number of anilines is 1. The van der Waals surface area contributed by atoms with Gasteiger partial charge in [-0.2, -0.15) is 0 Å². The van der Waals surface area contributed by atoms with Crippen LogP contribution < -0.4 is 4.90 Å². The van der Waals surface area contributed by atoms with Crippen LogP contribution >= 0.6 is 15.9 Å². The Morgan fingerprint density at radius 3 is 2.57 bits per heavy atom. The average Bonchev–Trinajstić information content (AvgIpc) is 2.48. The van der Waals surface area contributed by atoms with Gasteiger partial charge in [-0.25, -0.2) is 4.79 Å². The number of rotatable bonds is 2. The third-order valence-corrected chi connectivity index (χ3v) is 4.34. The fraction of sp³-hybridized carbons (Fsp3) is 0.235. The maximum absolute atomic E-state index is 12.4. The average molecular weight is 346 g/mol. The van der Waals surface area contributed by atoms with E-state index in [4.69, 9.17) is 4.74 Å². The normalized spacial score (nSPS) is 22.0. The third kappa shape index (κ3) is 2.81. The molecule has 1 aliphatic rings. The van der Waals surface area contributed by atoms with Crippen molar-refractivity contribution in [1.82, 2.24) is 0 Å². The minimum Gasteiger partial charge on any atom is -0.438 e. The number of halogens is 1. The molecular weight excluding hydrogens is 330 g/mol. The minimum atomic E-state index is -0.555. The fourth-order valence-corrected chi connectivity index (χ4v) is 2.97. The molecule has 1 saturated heterocycles. The second-order valence-electron chi connectivity index (χ2n) is 5.35. The van der Waals surface area contributed by atoms with Crippen molar-refractivity contribution < 1.29 is 9.53 Å². The van der Waals surface area contributed by atoms with Crippen LogP contribution in [0.1, 0.15) is 18.9 Å². The molecule has 3 rings (SSSR count). The number of nitrogens with zero attached hydrogens (tertiary/aromatic N) is 1. The first-order valence-electron chi connectivity index (χ1n) is 6.90. The van der Waals surface area contributed by atoms with Crippen LogP contribution in [0.4, 0.5) is 10.5 Å². The van der Waals surface area contributed by atoms with Crippen LogP contribution in [0.15, 0.2) is 59.1 Å². The van der Waals surface area contributed by atoms with Gasteiger partial charge in [0.2, 0.25) is 0 Å². The maximum Gasteiger partial charge on any atom is 0.415 e. The van der Waals surface area contributed by atoms with Gasteiger partial charge >= 0.3 is 6.09 Å². The fourth-order valence-electron chi connectivity index (χ4n) is 2.59. The van der Waals surface area contributed by atoms with Crippen LogP contribution in [-0.2, 0) is 10.3 Å². The lowest BCUT2D eigenvalue weighted by molar-refractivity contribution is 0.00582. The molecule has 3 nitrogen and oxygen atoms in total. The highest BCUT2D eigenvalue weighted by Gasteiger charge is 2.38. The van der Waals surface area contributed by atoms with E-state index in [1.807, 2.05) is 61.5 Å². The largest absolute Gasteiger partial charge is 0.438 e. The highest BCUT2D eigenvalue weighted by molar-refractivity contribution is 9.10. The number of benzene rings is 2. The van der Waals surface area contributed by atoms with Crippen LogP contribution in [0, 0.1) is 0 Å². The third-order valence-electron chi connectivity index (χ3n) is 3.85. The standard InChI is InChI=1S/C17H16BrNO2/c1-17(13-6-3-2-4-7-13)10-11-19(16(20)21-17)15-9-5-8-14(18)12-15/h2-9,12H,10-11H2,1H3. The van der Waals surface area contributed by atoms with E-state index in [0.29, 0.717) is 6.54 Å². The Morgan fingerprint density at radius 2 is 1.90 bits per heavy atom. The predicted octanol–water partition coefficient (Wildman–Crippen LogP) is 4.71. The number of cyclic esters (lactones) is 1. The molecule has 0 spiro atoms. The van der Waals surface area contributed by atoms with Gasteiger partial charge in [-0.15, -0.1) is 0 Å². The molecule has 1 heterocycles. The van der Waals surface area contributed by atoms with E-state index in [9.17, 15) is 4.79 Å². The zero-order chi connectivity index (χ0) is 14.9. The van der Waals surface area contributed by atoms with Crippen molar-refractivity contribution in [1.29, 1.82) is 0 Å². The summed E-state index contributed by atoms with van der Waals surface area (Å²) in [5.41, 5.74) is 1.33. The van der Waals surface area contributed by atoms with Gasteiger partial charge in [0, 0.05) is 23.1 Å². The summed E-state index contributed by atoms with van der Waals surface area (Å²) >= 11 is 3.43. The van der Waals surface area contributed by atoms with Crippen LogP contribution in [0.2, 0.25) is 0 Å². The van der Waals surface area contributed by atoms with E-state index in [1.54, 1.807) is 4.90 Å². The monoisotopic (exact) mass is 345 g/mol. The van der Waals surface area contributed by atoms with Gasteiger partial charge in [0.15, 0.2) is 0 Å². The van der Waals surface area contributed by atoms with Crippen molar-refractivity contribution in [3.8, 4) is 0 Å². The SMILES string of the molecule is CC1(c2ccccc2)CCN(c2cccc(Br)c2)C(=O)O1. The highest BCUT2D eigenvalue weighted by Crippen LogP contribution is 2.35. The van der Waals surface area contributed by atoms with E-state index in [1.165, 1.54) is 0 Å². The smallest absolute Gasteiger partial charge is 0.415 e. The Labute approximate surface area is 132 Å². The van der Waals surface area contributed by atoms with Crippen LogP contribution in [0.25, 0.3) is 0 Å². The zero-order valence-corrected chi connectivity index (χ0v) is 13.3. The Kier molecular flexibility index (Phi) is 3.72. The first-order valence-corrected chi connectivity index (χ1v) is 7.69. The molecule has 0 aliphatic carbocycles. The summed E-state index contributed by atoms with van der Waals surface area (Å²) in [7, 11) is 0. The first-order chi connectivity index (χ1) is 10.1. The van der Waals surface area contributed by atoms with Gasteiger partial charge in [0.25, 0.3) is 0 Å². The molecule has 1 fully saturated rings. The molecular formula is C17H16BrNO2. The lowest BCUT2D eigenvalue weighted by atomic mass is 9.91. The van der Waals surface area contributed by atoms with Crippen molar-refractivity contribution in [3.63, 3.8) is 0 Å². The first kappa shape index (κ1) is 14.1. The Balaban J connectivity index is 1.83. The van der Waals surface area contributed by atoms with Crippen molar-refractivity contribution in [2.24, 2.45) is 0 Å². The van der Waals surface area contributed by atoms with E-state index in [0.717, 1.165) is 22.1 Å². The Hall–Kier alpha value is -1.81. The molecule has 1 amide bonds. The van der Waals surface area contributed by atoms with Crippen LogP contribution in [0.5, 0.6) is 0 Å². The molecule has 2 aromatic carbocycles. The predicted molar refractivity (Wildman–Crippen MR) is 86.4 cm³/mol. The van der Waals surface area contributed by atoms with Gasteiger partial charge < -0.3 is 4.74 Å². The molecule has 108 valence electrons. The molecule has 21 heavy (non-hydrogen) atoms. The summed E-state index contributed by atoms with van der Waals surface area (Å²) in [5.74, 6) is 0. The summed E-state index contributed by atoms with van der Waals surface area (Å²) in [6, 6.07) is 17.6. The molecule has 0 saturated carbocycles. The van der Waals surface area contributed by atoms with Crippen molar-refractivity contribution in [2.45, 2.75) is 18.9 Å². The summed E-state index contributed by atoms with van der Waals surface area (Å²) in [6.45, 7) is 2.61. The van der Waals surface area contributed by atoms with Crippen molar-refractivity contribution >= 4 is 27.7 Å². The molecule has 0 bridgehead atoms. The number of hydrogen-bond donors (Lipinski definition) is 0. The molecule has 4 heteroatoms. The lowest BCUT2D eigenvalue weighted by Gasteiger charge is -2.39. The van der Waals surface area contributed by atoms with Gasteiger partial charge in [-0.3, -0.25) is 4.90 Å². The van der Waals surface area contributed by atoms with Gasteiger partial charge in [0.05, 0.1) is 0 Å². The minimum absolute atomic E-state index is 0.300. The Morgan fingerprint density at radius 1 is 1.14 bits per heavy atom. The second kappa shape index (κ2) is 5.53. The molecule has 2 aromatic rings. The van der Waals surface area contributed by atoms with Crippen molar-refractivity contribution in [2.75, 3.05) is 11.4 Å². The van der Waals surface area contributed by atoms with E-state index >= 15 is 0 Å². The Bertz CT molecular complexity index is 659. The molecule has 0 N–H and O–H groups in total. The number of carbonyl (C=O) groups is 1. The van der Waals surface area contributed by atoms with Crippen LogP contribution in [0.3, 0.4) is 0 Å². The summed E-state index contributed by atoms with van der Waals surface area (Å²) in [6.07, 6.45) is 0.459. The second-order valence-corrected chi connectivity index (χ2v) is 6.26. The topological polar surface area (TPSA) is 29.5 Å². The number of carbonyl (C=O) groups excluding carboxylic acids is 1. The summed E-state index contributed by atoms with van der Waals surface area (Å²) < 4.78 is 6.69. The quantitative estimate of drug-likeness (QED) is 0.788. The number of ether oxygens (including phenoxy) is 1. The molecule has 0 radical (unpaired) electrons. The zero-order valence-electron chi connectivity index (χ0n) is 11.8. The maximum atomic E-state index is 12.4. The summed E-state index contributed by atoms with van der Waals surface area (Å²) in [4.78, 5) is 14.1. The van der Waals surface area contributed by atoms with Gasteiger partial charge in [-0.1, -0.05) is 52.3 Å². The molecule has 0 aromatic heterocycles. The van der Waals surface area contributed by atoms with E-state index in [-0.39, 0.29) is 6.09 Å². The molecule has 1 unspecified atom stereocenters.